The smallest absolute Gasteiger partial charge is 0.339 e. The average molecular weight is 710 g/mol. The van der Waals surface area contributed by atoms with Crippen LogP contribution in [0.2, 0.25) is 0 Å². The first-order chi connectivity index (χ1) is 25.1. The van der Waals surface area contributed by atoms with Gasteiger partial charge in [-0.15, -0.1) is 0 Å². The van der Waals surface area contributed by atoms with Crippen LogP contribution in [0, 0.1) is 0 Å². The third-order valence-electron chi connectivity index (χ3n) is 7.92. The molecule has 1 saturated heterocycles. The number of likely N-dealkylation sites (tertiary alicyclic amines) is 1. The van der Waals surface area contributed by atoms with Crippen LogP contribution < -0.4 is 9.47 Å². The van der Waals surface area contributed by atoms with Gasteiger partial charge in [-0.1, -0.05) is 37.4 Å². The lowest BCUT2D eigenvalue weighted by atomic mass is 10.1. The zero-order chi connectivity index (χ0) is 37.2. The molecule has 0 unspecified atom stereocenters. The van der Waals surface area contributed by atoms with Crippen molar-refractivity contribution in [2.24, 2.45) is 0 Å². The summed E-state index contributed by atoms with van der Waals surface area (Å²) in [5.41, 5.74) is 0.221. The van der Waals surface area contributed by atoms with Gasteiger partial charge in [0.25, 0.3) is 11.8 Å². The molecule has 2 atom stereocenters. The molecule has 0 spiro atoms. The maximum atomic E-state index is 13.2. The molecule has 0 aromatic heterocycles. The number of nitrogens with zero attached hydrogens (tertiary/aromatic N) is 1. The Morgan fingerprint density at radius 2 is 0.981 bits per heavy atom. The first kappa shape index (κ1) is 36.8. The molecular formula is C39H35NO12. The molecule has 1 aliphatic heterocycles. The van der Waals surface area contributed by atoms with Gasteiger partial charge in [0, 0.05) is 32.0 Å². The minimum absolute atomic E-state index is 0.110. The normalized spacial score (nSPS) is 15.2. The predicted octanol–water partition coefficient (Wildman–Crippen LogP) is 4.74. The van der Waals surface area contributed by atoms with E-state index in [0.717, 1.165) is 27.8 Å². The first-order valence-electron chi connectivity index (χ1n) is 16.2. The molecule has 0 radical (unpaired) electrons. The highest BCUT2D eigenvalue weighted by atomic mass is 16.6. The van der Waals surface area contributed by atoms with Gasteiger partial charge in [-0.05, 0) is 70.1 Å². The number of carbonyl (C=O) groups is 6. The molecule has 268 valence electrons. The van der Waals surface area contributed by atoms with Gasteiger partial charge >= 0.3 is 23.9 Å². The molecule has 5 rings (SSSR count). The number of ether oxygens (including phenoxy) is 6. The monoisotopic (exact) mass is 709 g/mol. The lowest BCUT2D eigenvalue weighted by molar-refractivity contribution is -0.140. The zero-order valence-corrected chi connectivity index (χ0v) is 28.2. The number of esters is 4. The van der Waals surface area contributed by atoms with Gasteiger partial charge in [0.1, 0.15) is 11.5 Å². The molecule has 1 fully saturated rings. The highest BCUT2D eigenvalue weighted by Crippen LogP contribution is 2.27. The van der Waals surface area contributed by atoms with E-state index in [-0.39, 0.29) is 24.3 Å². The zero-order valence-electron chi connectivity index (χ0n) is 28.2. The summed E-state index contributed by atoms with van der Waals surface area (Å²) in [5.74, 6) is -3.30. The van der Waals surface area contributed by atoms with Crippen LogP contribution in [0.5, 0.6) is 11.5 Å². The minimum atomic E-state index is -1.69. The number of hydrogen-bond donors (Lipinski definition) is 0. The van der Waals surface area contributed by atoms with Gasteiger partial charge in [0.15, 0.2) is 0 Å². The standard InChI is InChI=1S/C39H35NO12/c1-4-32(41)49-18-6-16-47-30-14-12-24-20-28(10-8-26(24)22-30)38(45)51-34-35(37(44)40(3)36(34)43)52-39(46)29-11-9-27-23-31(15-13-25(27)21-29)48-17-7-19-50-33(42)5-2/h4-5,8-15,20-23,34-35H,1-2,6-7,16-19H2,3H3/t34-,35-/m1/s1. The van der Waals surface area contributed by atoms with Crippen LogP contribution in [-0.2, 0) is 38.1 Å². The van der Waals surface area contributed by atoms with Crippen molar-refractivity contribution in [2.75, 3.05) is 33.5 Å². The fraction of sp³-hybridized carbons (Fsp3) is 0.231. The third kappa shape index (κ3) is 8.99. The minimum Gasteiger partial charge on any atom is -0.493 e. The summed E-state index contributed by atoms with van der Waals surface area (Å²) in [5, 5.41) is 2.87. The number of hydrogen-bond acceptors (Lipinski definition) is 12. The van der Waals surface area contributed by atoms with Crippen molar-refractivity contribution in [3.8, 4) is 11.5 Å². The van der Waals surface area contributed by atoms with E-state index in [1.807, 2.05) is 0 Å². The molecule has 2 amide bonds. The van der Waals surface area contributed by atoms with Crippen LogP contribution in [0.15, 0.2) is 98.1 Å². The van der Waals surface area contributed by atoms with Crippen molar-refractivity contribution >= 4 is 57.2 Å². The summed E-state index contributed by atoms with van der Waals surface area (Å²) in [7, 11) is 1.21. The Labute approximate surface area is 298 Å². The molecule has 13 heteroatoms. The maximum Gasteiger partial charge on any atom is 0.339 e. The molecular weight excluding hydrogens is 674 g/mol. The van der Waals surface area contributed by atoms with Crippen molar-refractivity contribution in [1.29, 1.82) is 0 Å². The van der Waals surface area contributed by atoms with Crippen LogP contribution in [0.25, 0.3) is 21.5 Å². The molecule has 1 heterocycles. The summed E-state index contributed by atoms with van der Waals surface area (Å²) in [4.78, 5) is 75.4. The highest BCUT2D eigenvalue weighted by Gasteiger charge is 2.51. The summed E-state index contributed by atoms with van der Waals surface area (Å²) in [6, 6.07) is 19.9. The van der Waals surface area contributed by atoms with Crippen LogP contribution in [-0.4, -0.2) is 86.3 Å². The van der Waals surface area contributed by atoms with E-state index in [4.69, 9.17) is 28.4 Å². The topological polar surface area (TPSA) is 161 Å². The number of rotatable bonds is 16. The number of carbonyl (C=O) groups excluding carboxylic acids is 6. The second kappa shape index (κ2) is 16.9. The van der Waals surface area contributed by atoms with Gasteiger partial charge in [0.05, 0.1) is 37.6 Å². The largest absolute Gasteiger partial charge is 0.493 e. The second-order valence-electron chi connectivity index (χ2n) is 11.5. The summed E-state index contributed by atoms with van der Waals surface area (Å²) in [6.45, 7) is 7.69. The van der Waals surface area contributed by atoms with Crippen molar-refractivity contribution in [3.05, 3.63) is 109 Å². The molecule has 4 aromatic rings. The quantitative estimate of drug-likeness (QED) is 0.0518. The number of benzene rings is 4. The molecule has 52 heavy (non-hydrogen) atoms. The maximum absolute atomic E-state index is 13.2. The van der Waals surface area contributed by atoms with E-state index in [1.54, 1.807) is 60.7 Å². The Morgan fingerprint density at radius 1 is 0.596 bits per heavy atom. The Kier molecular flexibility index (Phi) is 12.0. The van der Waals surface area contributed by atoms with Gasteiger partial charge in [-0.2, -0.15) is 0 Å². The summed E-state index contributed by atoms with van der Waals surface area (Å²) >= 11 is 0. The number of likely N-dealkylation sites (N-methyl/N-ethyl adjacent to an activating group) is 1. The molecule has 13 nitrogen and oxygen atoms in total. The van der Waals surface area contributed by atoms with E-state index in [1.165, 1.54) is 19.2 Å². The lowest BCUT2D eigenvalue weighted by Gasteiger charge is -2.17. The van der Waals surface area contributed by atoms with Crippen molar-refractivity contribution < 1.29 is 57.2 Å². The fourth-order valence-electron chi connectivity index (χ4n) is 5.18. The van der Waals surface area contributed by atoms with Crippen LogP contribution >= 0.6 is 0 Å². The van der Waals surface area contributed by atoms with Crippen LogP contribution in [0.1, 0.15) is 33.6 Å². The number of fused-ring (bicyclic) bond motifs is 2. The Balaban J connectivity index is 1.19. The third-order valence-corrected chi connectivity index (χ3v) is 7.92. The van der Waals surface area contributed by atoms with Gasteiger partial charge in [0.2, 0.25) is 12.2 Å². The number of amides is 2. The lowest BCUT2D eigenvalue weighted by Crippen LogP contribution is -2.37. The van der Waals surface area contributed by atoms with E-state index >= 15 is 0 Å². The fourth-order valence-corrected chi connectivity index (χ4v) is 5.18. The number of imide groups is 1. The molecule has 0 N–H and O–H groups in total. The van der Waals surface area contributed by atoms with Crippen molar-refractivity contribution in [1.82, 2.24) is 4.90 Å². The van der Waals surface area contributed by atoms with Gasteiger partial charge in [-0.3, -0.25) is 14.5 Å². The molecule has 0 aliphatic carbocycles. The summed E-state index contributed by atoms with van der Waals surface area (Å²) in [6.07, 6.45) is -0.234. The van der Waals surface area contributed by atoms with E-state index in [2.05, 4.69) is 13.2 Å². The van der Waals surface area contributed by atoms with E-state index < -0.39 is 47.9 Å². The Bertz CT molecular complexity index is 1910. The average Bonchev–Trinajstić information content (AvgIpc) is 3.35. The molecule has 0 saturated carbocycles. The molecule has 4 aromatic carbocycles. The first-order valence-corrected chi connectivity index (χ1v) is 16.2. The SMILES string of the molecule is C=CC(=O)OCCCOc1ccc2cc(C(=O)O[C@H]3C(=O)N(C)C(=O)[C@@H]3OC(=O)c3ccc4cc(OCCCOC(=O)C=C)ccc4c3)ccc2c1. The summed E-state index contributed by atoms with van der Waals surface area (Å²) < 4.78 is 32.2. The van der Waals surface area contributed by atoms with E-state index in [9.17, 15) is 28.8 Å². The van der Waals surface area contributed by atoms with Crippen LogP contribution in [0.3, 0.4) is 0 Å². The van der Waals surface area contributed by atoms with Crippen molar-refractivity contribution in [3.63, 3.8) is 0 Å². The Morgan fingerprint density at radius 3 is 1.38 bits per heavy atom. The van der Waals surface area contributed by atoms with Crippen molar-refractivity contribution in [2.45, 2.75) is 25.0 Å². The van der Waals surface area contributed by atoms with Gasteiger partial charge < -0.3 is 28.4 Å². The van der Waals surface area contributed by atoms with Crippen LogP contribution in [0.4, 0.5) is 0 Å². The molecule has 0 bridgehead atoms. The second-order valence-corrected chi connectivity index (χ2v) is 11.5. The van der Waals surface area contributed by atoms with Gasteiger partial charge in [-0.25, -0.2) is 19.2 Å². The highest BCUT2D eigenvalue weighted by molar-refractivity contribution is 6.10. The molecule has 1 aliphatic rings. The predicted molar refractivity (Wildman–Crippen MR) is 187 cm³/mol. The Hall–Kier alpha value is -6.50. The van der Waals surface area contributed by atoms with E-state index in [0.29, 0.717) is 48.3 Å².